The van der Waals surface area contributed by atoms with E-state index in [2.05, 4.69) is 15.9 Å². The Balaban J connectivity index is 2.35. The van der Waals surface area contributed by atoms with Crippen LogP contribution in [0.5, 0.6) is 0 Å². The SMILES string of the molecule is O=[N+]([O-])c1cccc(Cn2cccc2)c1Br. The Labute approximate surface area is 101 Å². The summed E-state index contributed by atoms with van der Waals surface area (Å²) in [4.78, 5) is 10.4. The quantitative estimate of drug-likeness (QED) is 0.640. The van der Waals surface area contributed by atoms with Crippen molar-refractivity contribution < 1.29 is 4.92 Å². The van der Waals surface area contributed by atoms with E-state index in [0.717, 1.165) is 5.56 Å². The van der Waals surface area contributed by atoms with Gasteiger partial charge in [0.25, 0.3) is 5.69 Å². The number of nitro groups is 1. The minimum atomic E-state index is -0.386. The third-order valence-corrected chi connectivity index (χ3v) is 3.19. The topological polar surface area (TPSA) is 48.1 Å². The molecule has 0 bridgehead atoms. The minimum absolute atomic E-state index is 0.102. The van der Waals surface area contributed by atoms with E-state index in [1.165, 1.54) is 6.07 Å². The highest BCUT2D eigenvalue weighted by atomic mass is 79.9. The molecule has 0 radical (unpaired) electrons. The zero-order valence-corrected chi connectivity index (χ0v) is 9.92. The molecule has 0 saturated heterocycles. The van der Waals surface area contributed by atoms with Crippen LogP contribution >= 0.6 is 15.9 Å². The van der Waals surface area contributed by atoms with Crippen molar-refractivity contribution in [2.75, 3.05) is 0 Å². The highest BCUT2D eigenvalue weighted by Gasteiger charge is 2.14. The number of hydrogen-bond acceptors (Lipinski definition) is 2. The maximum Gasteiger partial charge on any atom is 0.283 e. The zero-order chi connectivity index (χ0) is 11.5. The normalized spacial score (nSPS) is 10.3. The number of halogens is 1. The van der Waals surface area contributed by atoms with E-state index in [4.69, 9.17) is 0 Å². The third kappa shape index (κ3) is 2.14. The monoisotopic (exact) mass is 280 g/mol. The van der Waals surface area contributed by atoms with Crippen LogP contribution in [0.15, 0.2) is 47.2 Å². The van der Waals surface area contributed by atoms with Gasteiger partial charge in [0.2, 0.25) is 0 Å². The molecule has 0 atom stereocenters. The molecule has 0 fully saturated rings. The molecule has 1 aromatic heterocycles. The second-order valence-corrected chi connectivity index (χ2v) is 4.16. The molecule has 0 amide bonds. The highest BCUT2D eigenvalue weighted by molar-refractivity contribution is 9.10. The summed E-state index contributed by atoms with van der Waals surface area (Å²) in [5.41, 5.74) is 0.995. The second-order valence-electron chi connectivity index (χ2n) is 3.36. The average molecular weight is 281 g/mol. The van der Waals surface area contributed by atoms with Gasteiger partial charge in [0.1, 0.15) is 4.47 Å². The molecular weight excluding hydrogens is 272 g/mol. The highest BCUT2D eigenvalue weighted by Crippen LogP contribution is 2.28. The lowest BCUT2D eigenvalue weighted by Crippen LogP contribution is -1.99. The van der Waals surface area contributed by atoms with Crippen LogP contribution in [-0.2, 0) is 6.54 Å². The molecule has 0 aliphatic heterocycles. The fourth-order valence-electron chi connectivity index (χ4n) is 1.50. The van der Waals surface area contributed by atoms with Gasteiger partial charge in [-0.15, -0.1) is 0 Å². The van der Waals surface area contributed by atoms with Crippen LogP contribution in [0.1, 0.15) is 5.56 Å². The molecular formula is C11H9BrN2O2. The van der Waals surface area contributed by atoms with Gasteiger partial charge < -0.3 is 4.57 Å². The molecule has 2 rings (SSSR count). The maximum absolute atomic E-state index is 10.7. The Hall–Kier alpha value is -1.62. The molecule has 0 spiro atoms. The first-order valence-electron chi connectivity index (χ1n) is 4.71. The summed E-state index contributed by atoms with van der Waals surface area (Å²) in [5, 5.41) is 10.7. The van der Waals surface area contributed by atoms with Gasteiger partial charge in [-0.3, -0.25) is 10.1 Å². The Kier molecular flexibility index (Phi) is 3.05. The van der Waals surface area contributed by atoms with Gasteiger partial charge in [0.15, 0.2) is 0 Å². The Morgan fingerprint density at radius 2 is 1.94 bits per heavy atom. The van der Waals surface area contributed by atoms with E-state index in [1.54, 1.807) is 6.07 Å². The van der Waals surface area contributed by atoms with Crippen LogP contribution in [-0.4, -0.2) is 9.49 Å². The maximum atomic E-state index is 10.7. The van der Waals surface area contributed by atoms with Gasteiger partial charge in [0, 0.05) is 25.0 Å². The van der Waals surface area contributed by atoms with Crippen molar-refractivity contribution in [1.82, 2.24) is 4.57 Å². The summed E-state index contributed by atoms with van der Waals surface area (Å²) in [6.45, 7) is 0.620. The second kappa shape index (κ2) is 4.49. The minimum Gasteiger partial charge on any atom is -0.350 e. The van der Waals surface area contributed by atoms with Crippen molar-refractivity contribution in [2.45, 2.75) is 6.54 Å². The van der Waals surface area contributed by atoms with E-state index < -0.39 is 0 Å². The van der Waals surface area contributed by atoms with E-state index >= 15 is 0 Å². The van der Waals surface area contributed by atoms with Crippen LogP contribution < -0.4 is 0 Å². The van der Waals surface area contributed by atoms with E-state index in [9.17, 15) is 10.1 Å². The molecule has 4 nitrogen and oxygen atoms in total. The van der Waals surface area contributed by atoms with Gasteiger partial charge in [-0.25, -0.2) is 0 Å². The van der Waals surface area contributed by atoms with Crippen molar-refractivity contribution in [3.05, 3.63) is 62.9 Å². The summed E-state index contributed by atoms with van der Waals surface area (Å²) in [7, 11) is 0. The summed E-state index contributed by atoms with van der Waals surface area (Å²) in [6, 6.07) is 8.90. The molecule has 0 saturated carbocycles. The van der Waals surface area contributed by atoms with E-state index in [1.807, 2.05) is 35.2 Å². The first-order chi connectivity index (χ1) is 7.68. The first kappa shape index (κ1) is 10.9. The molecule has 0 N–H and O–H groups in total. The van der Waals surface area contributed by atoms with Crippen LogP contribution in [0, 0.1) is 10.1 Å². The van der Waals surface area contributed by atoms with Gasteiger partial charge in [0.05, 0.1) is 4.92 Å². The van der Waals surface area contributed by atoms with E-state index in [0.29, 0.717) is 11.0 Å². The molecule has 0 unspecified atom stereocenters. The number of nitro benzene ring substituents is 1. The fourth-order valence-corrected chi connectivity index (χ4v) is 2.04. The van der Waals surface area contributed by atoms with Gasteiger partial charge in [-0.05, 0) is 33.6 Å². The number of benzene rings is 1. The predicted octanol–water partition coefficient (Wildman–Crippen LogP) is 3.21. The Bertz CT molecular complexity index is 509. The van der Waals surface area contributed by atoms with Crippen LogP contribution in [0.25, 0.3) is 0 Å². The molecule has 0 aliphatic carbocycles. The fraction of sp³-hybridized carbons (Fsp3) is 0.0909. The predicted molar refractivity (Wildman–Crippen MR) is 64.3 cm³/mol. The summed E-state index contributed by atoms with van der Waals surface area (Å²) in [6.07, 6.45) is 3.84. The largest absolute Gasteiger partial charge is 0.350 e. The third-order valence-electron chi connectivity index (χ3n) is 2.27. The molecule has 5 heteroatoms. The van der Waals surface area contributed by atoms with Crippen LogP contribution in [0.3, 0.4) is 0 Å². The molecule has 16 heavy (non-hydrogen) atoms. The standard InChI is InChI=1S/C11H9BrN2O2/c12-11-9(8-13-6-1-2-7-13)4-3-5-10(11)14(15)16/h1-7H,8H2. The summed E-state index contributed by atoms with van der Waals surface area (Å²) >= 11 is 3.27. The van der Waals surface area contributed by atoms with Gasteiger partial charge in [-0.2, -0.15) is 0 Å². The first-order valence-corrected chi connectivity index (χ1v) is 5.50. The molecule has 82 valence electrons. The van der Waals surface area contributed by atoms with Crippen molar-refractivity contribution in [1.29, 1.82) is 0 Å². The van der Waals surface area contributed by atoms with Crippen LogP contribution in [0.4, 0.5) is 5.69 Å². The van der Waals surface area contributed by atoms with E-state index in [-0.39, 0.29) is 10.6 Å². The summed E-state index contributed by atoms with van der Waals surface area (Å²) < 4.78 is 2.51. The lowest BCUT2D eigenvalue weighted by Gasteiger charge is -2.05. The molecule has 1 aromatic carbocycles. The number of aromatic nitrogens is 1. The van der Waals surface area contributed by atoms with Crippen molar-refractivity contribution in [3.63, 3.8) is 0 Å². The number of hydrogen-bond donors (Lipinski definition) is 0. The Morgan fingerprint density at radius 1 is 1.25 bits per heavy atom. The van der Waals surface area contributed by atoms with Gasteiger partial charge in [-0.1, -0.05) is 12.1 Å². The van der Waals surface area contributed by atoms with Gasteiger partial charge >= 0.3 is 0 Å². The molecule has 1 heterocycles. The molecule has 0 aliphatic rings. The lowest BCUT2D eigenvalue weighted by atomic mass is 10.2. The zero-order valence-electron chi connectivity index (χ0n) is 8.34. The number of rotatable bonds is 3. The number of nitrogens with zero attached hydrogens (tertiary/aromatic N) is 2. The Morgan fingerprint density at radius 3 is 2.56 bits per heavy atom. The van der Waals surface area contributed by atoms with Crippen molar-refractivity contribution in [3.8, 4) is 0 Å². The van der Waals surface area contributed by atoms with Crippen molar-refractivity contribution in [2.24, 2.45) is 0 Å². The summed E-state index contributed by atoms with van der Waals surface area (Å²) in [5.74, 6) is 0. The van der Waals surface area contributed by atoms with Crippen molar-refractivity contribution >= 4 is 21.6 Å². The molecule has 2 aromatic rings. The smallest absolute Gasteiger partial charge is 0.283 e. The lowest BCUT2D eigenvalue weighted by molar-refractivity contribution is -0.385. The van der Waals surface area contributed by atoms with Crippen LogP contribution in [0.2, 0.25) is 0 Å². The average Bonchev–Trinajstić information content (AvgIpc) is 2.73.